The number of rotatable bonds is 3. The van der Waals surface area contributed by atoms with Gasteiger partial charge in [-0.2, -0.15) is 0 Å². The van der Waals surface area contributed by atoms with Gasteiger partial charge in [0.2, 0.25) is 0 Å². The van der Waals surface area contributed by atoms with E-state index in [2.05, 4.69) is 14.9 Å². The van der Waals surface area contributed by atoms with E-state index in [0.717, 1.165) is 11.5 Å². The van der Waals surface area contributed by atoms with Gasteiger partial charge in [-0.15, -0.1) is 5.10 Å². The van der Waals surface area contributed by atoms with Crippen molar-refractivity contribution in [3.05, 3.63) is 11.1 Å². The van der Waals surface area contributed by atoms with E-state index in [1.54, 1.807) is 0 Å². The Labute approximate surface area is 94.6 Å². The van der Waals surface area contributed by atoms with Crippen LogP contribution in [0.1, 0.15) is 16.9 Å². The van der Waals surface area contributed by atoms with E-state index in [0.29, 0.717) is 6.61 Å². The number of carboxylic acids is 1. The third-order valence-corrected chi connectivity index (χ3v) is 2.88. The molecule has 1 aromatic heterocycles. The minimum Gasteiger partial charge on any atom is -0.479 e. The maximum atomic E-state index is 11.6. The molecule has 0 bridgehead atoms. The fourth-order valence-electron chi connectivity index (χ4n) is 1.43. The van der Waals surface area contributed by atoms with Crippen LogP contribution in [0.3, 0.4) is 0 Å². The lowest BCUT2D eigenvalue weighted by Crippen LogP contribution is -2.55. The average molecular weight is 243 g/mol. The summed E-state index contributed by atoms with van der Waals surface area (Å²) >= 11 is 1.03. The van der Waals surface area contributed by atoms with Gasteiger partial charge < -0.3 is 15.2 Å². The predicted octanol–water partition coefficient (Wildman–Crippen LogP) is -0.488. The van der Waals surface area contributed by atoms with Gasteiger partial charge in [0.15, 0.2) is 11.2 Å². The van der Waals surface area contributed by atoms with Crippen molar-refractivity contribution in [3.8, 4) is 0 Å². The Kier molecular flexibility index (Phi) is 2.84. The van der Waals surface area contributed by atoms with Crippen LogP contribution in [-0.4, -0.2) is 45.3 Å². The fourth-order valence-corrected chi connectivity index (χ4v) is 1.87. The van der Waals surface area contributed by atoms with Gasteiger partial charge in [0.25, 0.3) is 5.91 Å². The second-order valence-corrected chi connectivity index (χ2v) is 4.04. The Morgan fingerprint density at radius 1 is 1.62 bits per heavy atom. The number of carbonyl (C=O) groups excluding carboxylic acids is 1. The Morgan fingerprint density at radius 3 is 2.94 bits per heavy atom. The highest BCUT2D eigenvalue weighted by Gasteiger charge is 2.44. The Balaban J connectivity index is 2.13. The van der Waals surface area contributed by atoms with Crippen molar-refractivity contribution >= 4 is 23.4 Å². The molecule has 2 N–H and O–H groups in total. The molecule has 1 amide bonds. The van der Waals surface area contributed by atoms with Crippen LogP contribution in [0.2, 0.25) is 0 Å². The van der Waals surface area contributed by atoms with Crippen molar-refractivity contribution in [2.45, 2.75) is 12.0 Å². The molecule has 1 saturated heterocycles. The number of aromatic nitrogens is 2. The van der Waals surface area contributed by atoms with Gasteiger partial charge in [-0.25, -0.2) is 4.79 Å². The molecule has 0 radical (unpaired) electrons. The lowest BCUT2D eigenvalue weighted by molar-refractivity contribution is -0.144. The van der Waals surface area contributed by atoms with E-state index >= 15 is 0 Å². The van der Waals surface area contributed by atoms with Crippen molar-refractivity contribution in [1.29, 1.82) is 0 Å². The number of amides is 1. The van der Waals surface area contributed by atoms with Gasteiger partial charge in [-0.05, 0) is 11.5 Å². The monoisotopic (exact) mass is 243 g/mol. The molecule has 2 heterocycles. The molecule has 8 heteroatoms. The number of carbonyl (C=O) groups is 2. The summed E-state index contributed by atoms with van der Waals surface area (Å²) in [5, 5.41) is 16.5. The van der Waals surface area contributed by atoms with Gasteiger partial charge >= 0.3 is 5.97 Å². The highest BCUT2D eigenvalue weighted by molar-refractivity contribution is 7.03. The first-order valence-electron chi connectivity index (χ1n) is 4.55. The van der Waals surface area contributed by atoms with E-state index < -0.39 is 17.4 Å². The summed E-state index contributed by atoms with van der Waals surface area (Å²) in [6.07, 6.45) is 0.256. The minimum atomic E-state index is -1.33. The lowest BCUT2D eigenvalue weighted by Gasteiger charge is -2.22. The smallest absolute Gasteiger partial charge is 0.331 e. The van der Waals surface area contributed by atoms with Crippen LogP contribution in [0.4, 0.5) is 0 Å². The zero-order valence-electron chi connectivity index (χ0n) is 8.17. The topological polar surface area (TPSA) is 101 Å². The molecular weight excluding hydrogens is 234 g/mol. The van der Waals surface area contributed by atoms with Gasteiger partial charge in [-0.1, -0.05) is 4.49 Å². The Hall–Kier alpha value is -1.54. The maximum Gasteiger partial charge on any atom is 0.331 e. The molecule has 1 aliphatic heterocycles. The third-order valence-electron chi connectivity index (χ3n) is 2.38. The molecule has 1 aliphatic rings. The largest absolute Gasteiger partial charge is 0.479 e. The van der Waals surface area contributed by atoms with Crippen LogP contribution >= 0.6 is 11.5 Å². The third kappa shape index (κ3) is 1.89. The summed E-state index contributed by atoms with van der Waals surface area (Å²) in [4.78, 5) is 22.7. The highest BCUT2D eigenvalue weighted by atomic mass is 32.1. The van der Waals surface area contributed by atoms with Crippen molar-refractivity contribution in [2.24, 2.45) is 0 Å². The molecular formula is C8H9N3O4S. The highest BCUT2D eigenvalue weighted by Crippen LogP contribution is 2.19. The molecule has 1 aromatic rings. The first-order chi connectivity index (χ1) is 7.64. The fraction of sp³-hybridized carbons (Fsp3) is 0.500. The zero-order valence-corrected chi connectivity index (χ0v) is 8.99. The van der Waals surface area contributed by atoms with E-state index in [9.17, 15) is 9.59 Å². The van der Waals surface area contributed by atoms with Crippen molar-refractivity contribution in [1.82, 2.24) is 14.9 Å². The molecule has 0 spiro atoms. The molecule has 1 fully saturated rings. The zero-order chi connectivity index (χ0) is 11.6. The summed E-state index contributed by atoms with van der Waals surface area (Å²) in [6, 6.07) is 0. The van der Waals surface area contributed by atoms with E-state index in [1.807, 2.05) is 0 Å². The molecule has 1 unspecified atom stereocenters. The van der Waals surface area contributed by atoms with E-state index in [4.69, 9.17) is 9.84 Å². The quantitative estimate of drug-likeness (QED) is 0.743. The molecule has 16 heavy (non-hydrogen) atoms. The standard InChI is InChI=1S/C8H9N3O4S/c12-6(5-3-16-11-10-5)9-8(7(13)14)1-2-15-4-8/h3H,1-2,4H2,(H,9,12)(H,13,14). The van der Waals surface area contributed by atoms with E-state index in [1.165, 1.54) is 5.38 Å². The van der Waals surface area contributed by atoms with Gasteiger partial charge in [0.1, 0.15) is 0 Å². The van der Waals surface area contributed by atoms with Crippen LogP contribution in [0.15, 0.2) is 5.38 Å². The number of carboxylic acid groups (broad SMARTS) is 1. The Bertz CT molecular complexity index is 399. The summed E-state index contributed by atoms with van der Waals surface area (Å²) in [5.41, 5.74) is -1.21. The molecule has 2 rings (SSSR count). The molecule has 0 aliphatic carbocycles. The predicted molar refractivity (Wildman–Crippen MR) is 53.2 cm³/mol. The SMILES string of the molecule is O=C(NC1(C(=O)O)CCOC1)c1csnn1. The van der Waals surface area contributed by atoms with Crippen LogP contribution in [-0.2, 0) is 9.53 Å². The number of hydrogen-bond donors (Lipinski definition) is 2. The second kappa shape index (κ2) is 4.14. The second-order valence-electron chi connectivity index (χ2n) is 3.43. The van der Waals surface area contributed by atoms with Gasteiger partial charge in [0.05, 0.1) is 6.61 Å². The molecule has 1 atom stereocenters. The minimum absolute atomic E-state index is 0.0222. The normalized spacial score (nSPS) is 24.2. The molecule has 0 aromatic carbocycles. The number of aliphatic carboxylic acids is 1. The summed E-state index contributed by atoms with van der Waals surface area (Å²) in [6.45, 7) is 0.299. The first kappa shape index (κ1) is 11.0. The summed E-state index contributed by atoms with van der Waals surface area (Å²) in [5.74, 6) is -1.64. The maximum absolute atomic E-state index is 11.6. The first-order valence-corrected chi connectivity index (χ1v) is 5.38. The van der Waals surface area contributed by atoms with Gasteiger partial charge in [0, 0.05) is 18.4 Å². The number of nitrogens with one attached hydrogen (secondary N) is 1. The summed E-state index contributed by atoms with van der Waals surface area (Å²) in [7, 11) is 0. The number of nitrogens with zero attached hydrogens (tertiary/aromatic N) is 2. The van der Waals surface area contributed by atoms with Crippen LogP contribution in [0.25, 0.3) is 0 Å². The van der Waals surface area contributed by atoms with Crippen LogP contribution in [0, 0.1) is 0 Å². The van der Waals surface area contributed by atoms with Crippen molar-refractivity contribution in [2.75, 3.05) is 13.2 Å². The number of hydrogen-bond acceptors (Lipinski definition) is 6. The van der Waals surface area contributed by atoms with Crippen molar-refractivity contribution < 1.29 is 19.4 Å². The van der Waals surface area contributed by atoms with Crippen molar-refractivity contribution in [3.63, 3.8) is 0 Å². The summed E-state index contributed by atoms with van der Waals surface area (Å²) < 4.78 is 8.55. The van der Waals surface area contributed by atoms with E-state index in [-0.39, 0.29) is 18.7 Å². The number of ether oxygens (including phenoxy) is 1. The van der Waals surface area contributed by atoms with Gasteiger partial charge in [-0.3, -0.25) is 4.79 Å². The van der Waals surface area contributed by atoms with Crippen LogP contribution < -0.4 is 5.32 Å². The Morgan fingerprint density at radius 2 is 2.44 bits per heavy atom. The molecule has 0 saturated carbocycles. The molecule has 86 valence electrons. The average Bonchev–Trinajstić information content (AvgIpc) is 2.88. The lowest BCUT2D eigenvalue weighted by atomic mass is 9.99. The van der Waals surface area contributed by atoms with Crippen LogP contribution in [0.5, 0.6) is 0 Å². The molecule has 7 nitrogen and oxygen atoms in total.